The van der Waals surface area contributed by atoms with E-state index in [1.54, 1.807) is 0 Å². The van der Waals surface area contributed by atoms with Crippen molar-refractivity contribution in [3.63, 3.8) is 0 Å². The van der Waals surface area contributed by atoms with Crippen LogP contribution in [0.1, 0.15) is 0 Å². The summed E-state index contributed by atoms with van der Waals surface area (Å²) in [4.78, 5) is 5.15. The summed E-state index contributed by atoms with van der Waals surface area (Å²) in [5, 5.41) is 0. The first-order chi connectivity index (χ1) is 6.77. The average Bonchev–Trinajstić information content (AvgIpc) is 2.71. The van der Waals surface area contributed by atoms with Gasteiger partial charge in [-0.1, -0.05) is 12.1 Å². The quantitative estimate of drug-likeness (QED) is 0.764. The molecule has 0 atom stereocenters. The number of aromatic amines is 1. The number of nitrogens with zero attached hydrogens (tertiary/aromatic N) is 1. The van der Waals surface area contributed by atoms with E-state index >= 15 is 0 Å². The van der Waals surface area contributed by atoms with Gasteiger partial charge in [0.2, 0.25) is 0 Å². The Balaban J connectivity index is 2.31. The molecule has 0 aliphatic heterocycles. The number of hydrogen-bond acceptors (Lipinski definition) is 1. The van der Waals surface area contributed by atoms with Gasteiger partial charge < -0.3 is 9.88 Å². The summed E-state index contributed by atoms with van der Waals surface area (Å²) < 4.78 is 0. The van der Waals surface area contributed by atoms with E-state index in [-0.39, 0.29) is 0 Å². The Kier molecular flexibility index (Phi) is 2.27. The second-order valence-electron chi connectivity index (χ2n) is 3.54. The van der Waals surface area contributed by atoms with Crippen molar-refractivity contribution in [1.29, 1.82) is 0 Å². The third kappa shape index (κ3) is 1.64. The van der Waals surface area contributed by atoms with Crippen LogP contribution in [0.4, 0.5) is 5.69 Å². The predicted octanol–water partition coefficient (Wildman–Crippen LogP) is 2.75. The van der Waals surface area contributed by atoms with Crippen LogP contribution in [0.5, 0.6) is 0 Å². The Morgan fingerprint density at radius 2 is 1.64 bits per heavy atom. The molecule has 2 aromatic rings. The summed E-state index contributed by atoms with van der Waals surface area (Å²) in [6, 6.07) is 10.6. The van der Waals surface area contributed by atoms with Crippen molar-refractivity contribution in [2.75, 3.05) is 19.0 Å². The lowest BCUT2D eigenvalue weighted by Gasteiger charge is -2.12. The van der Waals surface area contributed by atoms with E-state index in [1.807, 2.05) is 26.5 Å². The third-order valence-corrected chi connectivity index (χ3v) is 2.31. The van der Waals surface area contributed by atoms with Gasteiger partial charge in [-0.25, -0.2) is 0 Å². The number of benzene rings is 1. The summed E-state index contributed by atoms with van der Waals surface area (Å²) in [6.07, 6.45) is 3.94. The fourth-order valence-corrected chi connectivity index (χ4v) is 1.46. The number of aromatic nitrogens is 1. The zero-order valence-corrected chi connectivity index (χ0v) is 8.49. The Morgan fingerprint density at radius 1 is 0.929 bits per heavy atom. The van der Waals surface area contributed by atoms with Crippen LogP contribution in [0.25, 0.3) is 11.1 Å². The van der Waals surface area contributed by atoms with E-state index in [0.29, 0.717) is 0 Å². The van der Waals surface area contributed by atoms with Gasteiger partial charge >= 0.3 is 0 Å². The molecule has 1 aromatic heterocycles. The molecule has 0 amide bonds. The second kappa shape index (κ2) is 3.58. The van der Waals surface area contributed by atoms with E-state index in [2.05, 4.69) is 40.2 Å². The van der Waals surface area contributed by atoms with Crippen LogP contribution in [-0.4, -0.2) is 19.1 Å². The lowest BCUT2D eigenvalue weighted by atomic mass is 10.1. The summed E-state index contributed by atoms with van der Waals surface area (Å²) in [5.41, 5.74) is 3.71. The normalized spacial score (nSPS) is 10.1. The predicted molar refractivity (Wildman–Crippen MR) is 60.6 cm³/mol. The molecule has 0 bridgehead atoms. The molecule has 0 saturated heterocycles. The maximum absolute atomic E-state index is 3.06. The molecule has 0 aliphatic rings. The Hall–Kier alpha value is -1.70. The first-order valence-electron chi connectivity index (χ1n) is 4.68. The average molecular weight is 186 g/mol. The van der Waals surface area contributed by atoms with Crippen molar-refractivity contribution in [1.82, 2.24) is 4.98 Å². The van der Waals surface area contributed by atoms with Crippen LogP contribution in [0, 0.1) is 0 Å². The molecule has 2 heteroatoms. The third-order valence-electron chi connectivity index (χ3n) is 2.31. The highest BCUT2D eigenvalue weighted by atomic mass is 15.1. The standard InChI is InChI=1S/C12H14N2/c1-14(2)12-5-3-10(4-6-12)11-7-8-13-9-11/h3-9,13H,1-2H3. The second-order valence-corrected chi connectivity index (χ2v) is 3.54. The number of rotatable bonds is 2. The van der Waals surface area contributed by atoms with Gasteiger partial charge in [-0.2, -0.15) is 0 Å². The van der Waals surface area contributed by atoms with Crippen molar-refractivity contribution in [2.24, 2.45) is 0 Å². The van der Waals surface area contributed by atoms with E-state index < -0.39 is 0 Å². The summed E-state index contributed by atoms with van der Waals surface area (Å²) in [6.45, 7) is 0. The minimum Gasteiger partial charge on any atom is -0.378 e. The van der Waals surface area contributed by atoms with Crippen LogP contribution >= 0.6 is 0 Å². The zero-order chi connectivity index (χ0) is 9.97. The molecule has 14 heavy (non-hydrogen) atoms. The topological polar surface area (TPSA) is 19.0 Å². The van der Waals surface area contributed by atoms with E-state index in [1.165, 1.54) is 16.8 Å². The highest BCUT2D eigenvalue weighted by Crippen LogP contribution is 2.21. The highest BCUT2D eigenvalue weighted by molar-refractivity contribution is 5.65. The first-order valence-corrected chi connectivity index (χ1v) is 4.68. The van der Waals surface area contributed by atoms with Crippen LogP contribution in [0.15, 0.2) is 42.7 Å². The maximum Gasteiger partial charge on any atom is 0.0361 e. The van der Waals surface area contributed by atoms with Crippen LogP contribution in [0.3, 0.4) is 0 Å². The fourth-order valence-electron chi connectivity index (χ4n) is 1.46. The molecule has 2 nitrogen and oxygen atoms in total. The molecule has 0 fully saturated rings. The minimum absolute atomic E-state index is 1.23. The molecule has 0 radical (unpaired) electrons. The molecule has 2 rings (SSSR count). The number of H-pyrrole nitrogens is 1. The smallest absolute Gasteiger partial charge is 0.0361 e. The van der Waals surface area contributed by atoms with E-state index in [4.69, 9.17) is 0 Å². The van der Waals surface area contributed by atoms with Gasteiger partial charge in [0.05, 0.1) is 0 Å². The van der Waals surface area contributed by atoms with E-state index in [9.17, 15) is 0 Å². The van der Waals surface area contributed by atoms with Gasteiger partial charge in [-0.15, -0.1) is 0 Å². The summed E-state index contributed by atoms with van der Waals surface area (Å²) in [7, 11) is 4.09. The Morgan fingerprint density at radius 3 is 2.14 bits per heavy atom. The monoisotopic (exact) mass is 186 g/mol. The Labute approximate surface area is 84.2 Å². The molecule has 72 valence electrons. The summed E-state index contributed by atoms with van der Waals surface area (Å²) in [5.74, 6) is 0. The van der Waals surface area contributed by atoms with Crippen LogP contribution < -0.4 is 4.90 Å². The van der Waals surface area contributed by atoms with Gasteiger partial charge in [0, 0.05) is 32.2 Å². The van der Waals surface area contributed by atoms with Crippen molar-refractivity contribution >= 4 is 5.69 Å². The van der Waals surface area contributed by atoms with Gasteiger partial charge in [0.25, 0.3) is 0 Å². The van der Waals surface area contributed by atoms with Crippen molar-refractivity contribution in [3.8, 4) is 11.1 Å². The van der Waals surface area contributed by atoms with Gasteiger partial charge in [-0.3, -0.25) is 0 Å². The minimum atomic E-state index is 1.23. The molecule has 0 unspecified atom stereocenters. The lowest BCUT2D eigenvalue weighted by Crippen LogP contribution is -2.07. The molecule has 1 N–H and O–H groups in total. The van der Waals surface area contributed by atoms with Crippen molar-refractivity contribution < 1.29 is 0 Å². The molecule has 0 aliphatic carbocycles. The van der Waals surface area contributed by atoms with Gasteiger partial charge in [-0.05, 0) is 29.3 Å². The first kappa shape index (κ1) is 8.88. The number of nitrogens with one attached hydrogen (secondary N) is 1. The highest BCUT2D eigenvalue weighted by Gasteiger charge is 1.98. The lowest BCUT2D eigenvalue weighted by molar-refractivity contribution is 1.13. The molecule has 1 aromatic carbocycles. The Bertz CT molecular complexity index is 385. The van der Waals surface area contributed by atoms with E-state index in [0.717, 1.165) is 0 Å². The maximum atomic E-state index is 3.06. The van der Waals surface area contributed by atoms with Gasteiger partial charge in [0.15, 0.2) is 0 Å². The number of anilines is 1. The molecule has 0 spiro atoms. The van der Waals surface area contributed by atoms with Crippen LogP contribution in [-0.2, 0) is 0 Å². The summed E-state index contributed by atoms with van der Waals surface area (Å²) >= 11 is 0. The fraction of sp³-hybridized carbons (Fsp3) is 0.167. The molecule has 1 heterocycles. The van der Waals surface area contributed by atoms with Gasteiger partial charge in [0.1, 0.15) is 0 Å². The van der Waals surface area contributed by atoms with Crippen molar-refractivity contribution in [2.45, 2.75) is 0 Å². The number of hydrogen-bond donors (Lipinski definition) is 1. The SMILES string of the molecule is CN(C)c1ccc(-c2cc[nH]c2)cc1. The largest absolute Gasteiger partial charge is 0.378 e. The molecular weight excluding hydrogens is 172 g/mol. The zero-order valence-electron chi connectivity index (χ0n) is 8.49. The van der Waals surface area contributed by atoms with Crippen molar-refractivity contribution in [3.05, 3.63) is 42.7 Å². The molecular formula is C12H14N2. The van der Waals surface area contributed by atoms with Crippen LogP contribution in [0.2, 0.25) is 0 Å². The molecule has 0 saturated carbocycles.